The predicted octanol–water partition coefficient (Wildman–Crippen LogP) is 1.52. The van der Waals surface area contributed by atoms with Crippen LogP contribution in [0.15, 0.2) is 29.1 Å². The minimum Gasteiger partial charge on any atom is -0.310 e. The van der Waals surface area contributed by atoms with Crippen molar-refractivity contribution in [2.45, 2.75) is 19.8 Å². The van der Waals surface area contributed by atoms with Gasteiger partial charge in [-0.25, -0.2) is 9.78 Å². The zero-order valence-electron chi connectivity index (χ0n) is 10.5. The molecule has 0 amide bonds. The molecule has 4 rings (SSSR count). The van der Waals surface area contributed by atoms with E-state index < -0.39 is 0 Å². The summed E-state index contributed by atoms with van der Waals surface area (Å²) < 4.78 is 2.01. The first kappa shape index (κ1) is 10.5. The molecule has 1 aliphatic heterocycles. The molecule has 94 valence electrons. The van der Waals surface area contributed by atoms with Crippen LogP contribution in [-0.2, 0) is 12.8 Å². The molecule has 1 N–H and O–H groups in total. The summed E-state index contributed by atoms with van der Waals surface area (Å²) in [5.74, 6) is 1.71. The normalized spacial score (nSPS) is 13.3. The number of fused-ring (bicyclic) bond motifs is 5. The second-order valence-electron chi connectivity index (χ2n) is 4.82. The van der Waals surface area contributed by atoms with Gasteiger partial charge in [-0.1, -0.05) is 12.1 Å². The standard InChI is InChI=1S/C14H12N4O/c1-8-9-6-7-12-16-10-4-2-3-5-11(10)18(12)13(9)17-14(19)15-8/h2-5H,6-7H2,1H3,(H,15,17,19). The molecule has 3 aromatic rings. The molecule has 3 heterocycles. The first-order valence-electron chi connectivity index (χ1n) is 6.30. The first-order valence-corrected chi connectivity index (χ1v) is 6.30. The van der Waals surface area contributed by atoms with E-state index in [1.165, 1.54) is 0 Å². The van der Waals surface area contributed by atoms with E-state index in [1.807, 2.05) is 35.8 Å². The third-order valence-electron chi connectivity index (χ3n) is 3.67. The largest absolute Gasteiger partial charge is 0.347 e. The van der Waals surface area contributed by atoms with Gasteiger partial charge in [-0.15, -0.1) is 0 Å². The van der Waals surface area contributed by atoms with Gasteiger partial charge >= 0.3 is 5.69 Å². The average Bonchev–Trinajstić information content (AvgIpc) is 2.77. The predicted molar refractivity (Wildman–Crippen MR) is 71.6 cm³/mol. The molecule has 5 nitrogen and oxygen atoms in total. The molecule has 19 heavy (non-hydrogen) atoms. The summed E-state index contributed by atoms with van der Waals surface area (Å²) >= 11 is 0. The molecule has 0 saturated carbocycles. The number of benzene rings is 1. The van der Waals surface area contributed by atoms with E-state index >= 15 is 0 Å². The Hall–Kier alpha value is -2.43. The van der Waals surface area contributed by atoms with Gasteiger partial charge < -0.3 is 4.98 Å². The van der Waals surface area contributed by atoms with Crippen LogP contribution in [0.2, 0.25) is 0 Å². The number of aromatic amines is 1. The zero-order chi connectivity index (χ0) is 13.0. The van der Waals surface area contributed by atoms with Crippen LogP contribution < -0.4 is 5.69 Å². The van der Waals surface area contributed by atoms with Crippen molar-refractivity contribution in [1.82, 2.24) is 19.5 Å². The topological polar surface area (TPSA) is 63.6 Å². The molecule has 0 unspecified atom stereocenters. The van der Waals surface area contributed by atoms with Crippen LogP contribution in [0.3, 0.4) is 0 Å². The van der Waals surface area contributed by atoms with Gasteiger partial charge in [-0.05, 0) is 25.5 Å². The zero-order valence-corrected chi connectivity index (χ0v) is 10.5. The minimum atomic E-state index is -0.304. The molecule has 0 fully saturated rings. The molecule has 0 radical (unpaired) electrons. The Morgan fingerprint density at radius 1 is 1.21 bits per heavy atom. The number of nitrogens with zero attached hydrogens (tertiary/aromatic N) is 3. The van der Waals surface area contributed by atoms with Gasteiger partial charge in [0.05, 0.1) is 11.0 Å². The van der Waals surface area contributed by atoms with E-state index in [4.69, 9.17) is 0 Å². The van der Waals surface area contributed by atoms with Crippen molar-refractivity contribution < 1.29 is 0 Å². The lowest BCUT2D eigenvalue weighted by molar-refractivity contribution is 0.743. The fourth-order valence-corrected chi connectivity index (χ4v) is 2.80. The number of para-hydroxylation sites is 2. The smallest absolute Gasteiger partial charge is 0.310 e. The summed E-state index contributed by atoms with van der Waals surface area (Å²) in [6, 6.07) is 7.95. The van der Waals surface area contributed by atoms with Crippen LogP contribution in [0, 0.1) is 6.92 Å². The number of nitrogens with one attached hydrogen (secondary N) is 1. The third-order valence-corrected chi connectivity index (χ3v) is 3.67. The lowest BCUT2D eigenvalue weighted by Gasteiger charge is -2.18. The van der Waals surface area contributed by atoms with Crippen LogP contribution in [0.4, 0.5) is 0 Å². The Labute approximate surface area is 108 Å². The fraction of sp³-hybridized carbons (Fsp3) is 0.214. The Morgan fingerprint density at radius 3 is 2.95 bits per heavy atom. The van der Waals surface area contributed by atoms with E-state index in [0.717, 1.165) is 46.8 Å². The van der Waals surface area contributed by atoms with Crippen molar-refractivity contribution in [3.05, 3.63) is 51.8 Å². The Bertz CT molecular complexity index is 859. The van der Waals surface area contributed by atoms with Crippen LogP contribution in [0.5, 0.6) is 0 Å². The quantitative estimate of drug-likeness (QED) is 0.659. The average molecular weight is 252 g/mol. The van der Waals surface area contributed by atoms with Crippen LogP contribution in [0.25, 0.3) is 16.9 Å². The van der Waals surface area contributed by atoms with E-state index in [1.54, 1.807) is 0 Å². The van der Waals surface area contributed by atoms with Crippen molar-refractivity contribution in [2.24, 2.45) is 0 Å². The number of H-pyrrole nitrogens is 1. The number of hydrogen-bond acceptors (Lipinski definition) is 3. The molecule has 0 saturated heterocycles. The summed E-state index contributed by atoms with van der Waals surface area (Å²) in [6.07, 6.45) is 1.74. The number of hydrogen-bond donors (Lipinski definition) is 1. The highest BCUT2D eigenvalue weighted by molar-refractivity contribution is 5.78. The summed E-state index contributed by atoms with van der Waals surface area (Å²) in [7, 11) is 0. The summed E-state index contributed by atoms with van der Waals surface area (Å²) in [4.78, 5) is 23.2. The summed E-state index contributed by atoms with van der Waals surface area (Å²) in [5.41, 5.74) is 3.66. The van der Waals surface area contributed by atoms with Gasteiger partial charge in [-0.3, -0.25) is 4.57 Å². The maximum absolute atomic E-state index is 11.6. The fourth-order valence-electron chi connectivity index (χ4n) is 2.80. The SMILES string of the molecule is Cc1[nH]c(=O)nc2c1CCc1nc3ccccc3n1-2. The Morgan fingerprint density at radius 2 is 2.05 bits per heavy atom. The van der Waals surface area contributed by atoms with E-state index in [2.05, 4.69) is 15.0 Å². The van der Waals surface area contributed by atoms with Gasteiger partial charge in [0.25, 0.3) is 0 Å². The van der Waals surface area contributed by atoms with Crippen molar-refractivity contribution >= 4 is 11.0 Å². The first-order chi connectivity index (χ1) is 9.24. The van der Waals surface area contributed by atoms with Crippen LogP contribution in [-0.4, -0.2) is 19.5 Å². The Kier molecular flexibility index (Phi) is 1.95. The van der Waals surface area contributed by atoms with Crippen molar-refractivity contribution in [3.63, 3.8) is 0 Å². The molecule has 0 aliphatic carbocycles. The minimum absolute atomic E-state index is 0.304. The number of rotatable bonds is 0. The third kappa shape index (κ3) is 1.38. The van der Waals surface area contributed by atoms with E-state index in [-0.39, 0.29) is 5.69 Å². The molecule has 1 aromatic carbocycles. The van der Waals surface area contributed by atoms with Crippen LogP contribution in [0.1, 0.15) is 17.1 Å². The number of imidazole rings is 1. The second kappa shape index (κ2) is 3.54. The van der Waals surface area contributed by atoms with Gasteiger partial charge in [-0.2, -0.15) is 4.98 Å². The number of aromatic nitrogens is 4. The maximum atomic E-state index is 11.6. The second-order valence-corrected chi connectivity index (χ2v) is 4.82. The highest BCUT2D eigenvalue weighted by Gasteiger charge is 2.22. The lowest BCUT2D eigenvalue weighted by Crippen LogP contribution is -2.23. The van der Waals surface area contributed by atoms with Gasteiger partial charge in [0.1, 0.15) is 11.6 Å². The van der Waals surface area contributed by atoms with E-state index in [0.29, 0.717) is 0 Å². The maximum Gasteiger partial charge on any atom is 0.347 e. The molecule has 5 heteroatoms. The molecule has 0 atom stereocenters. The van der Waals surface area contributed by atoms with Crippen molar-refractivity contribution in [1.29, 1.82) is 0 Å². The summed E-state index contributed by atoms with van der Waals surface area (Å²) in [5, 5.41) is 0. The molecule has 0 spiro atoms. The highest BCUT2D eigenvalue weighted by Crippen LogP contribution is 2.28. The van der Waals surface area contributed by atoms with Crippen LogP contribution >= 0.6 is 0 Å². The monoisotopic (exact) mass is 252 g/mol. The lowest BCUT2D eigenvalue weighted by atomic mass is 10.1. The van der Waals surface area contributed by atoms with Gasteiger partial charge in [0.2, 0.25) is 0 Å². The van der Waals surface area contributed by atoms with E-state index in [9.17, 15) is 4.79 Å². The highest BCUT2D eigenvalue weighted by atomic mass is 16.1. The van der Waals surface area contributed by atoms with Crippen molar-refractivity contribution in [2.75, 3.05) is 0 Å². The molecule has 2 aromatic heterocycles. The number of aryl methyl sites for hydroxylation is 2. The van der Waals surface area contributed by atoms with Gasteiger partial charge in [0, 0.05) is 17.7 Å². The molecule has 0 bridgehead atoms. The molecular weight excluding hydrogens is 240 g/mol. The summed E-state index contributed by atoms with van der Waals surface area (Å²) in [6.45, 7) is 1.92. The Balaban J connectivity index is 2.16. The molecule has 1 aliphatic rings. The molecular formula is C14H12N4O. The van der Waals surface area contributed by atoms with Gasteiger partial charge in [0.15, 0.2) is 0 Å². The van der Waals surface area contributed by atoms with Crippen molar-refractivity contribution in [3.8, 4) is 5.82 Å².